The molecule has 1 aromatic carbocycles. The maximum absolute atomic E-state index is 12.0. The van der Waals surface area contributed by atoms with Crippen LogP contribution in [-0.2, 0) is 9.92 Å². The molecule has 0 aliphatic carbocycles. The fourth-order valence-corrected chi connectivity index (χ4v) is 2.48. The normalized spacial score (nSPS) is 14.5. The molecule has 1 rings (SSSR count). The van der Waals surface area contributed by atoms with Crippen LogP contribution in [0.3, 0.4) is 0 Å². The van der Waals surface area contributed by atoms with Gasteiger partial charge >= 0.3 is 0 Å². The second-order valence-electron chi connectivity index (χ2n) is 3.22. The summed E-state index contributed by atoms with van der Waals surface area (Å²) in [6.07, 6.45) is 1.69. The summed E-state index contributed by atoms with van der Waals surface area (Å²) in [6.45, 7) is 2.00. The molecule has 5 heteroatoms. The van der Waals surface area contributed by atoms with Gasteiger partial charge in [-0.15, -0.1) is 4.89 Å². The van der Waals surface area contributed by atoms with Gasteiger partial charge in [-0.3, -0.25) is 0 Å². The van der Waals surface area contributed by atoms with Gasteiger partial charge in [-0.1, -0.05) is 31.5 Å². The average Bonchev–Trinajstić information content (AvgIpc) is 2.28. The maximum Gasteiger partial charge on any atom is 0.134 e. The number of nitrogens with one attached hydrogen (secondary N) is 1. The minimum atomic E-state index is -2.71. The number of nitrogens with zero attached hydrogens (tertiary/aromatic N) is 1. The second-order valence-corrected chi connectivity index (χ2v) is 5.27. The van der Waals surface area contributed by atoms with Gasteiger partial charge < -0.3 is 5.21 Å². The summed E-state index contributed by atoms with van der Waals surface area (Å²) in [7, 11) is -2.71. The highest BCUT2D eigenvalue weighted by molar-refractivity contribution is 7.91. The van der Waals surface area contributed by atoms with Crippen molar-refractivity contribution in [1.29, 1.82) is 0 Å². The molecule has 2 N–H and O–H groups in total. The third-order valence-electron chi connectivity index (χ3n) is 1.93. The molecular formula is C10H16N2O2S. The van der Waals surface area contributed by atoms with Crippen LogP contribution in [0.2, 0.25) is 0 Å². The molecule has 0 heterocycles. The Bertz CT molecular complexity index is 397. The van der Waals surface area contributed by atoms with E-state index < -0.39 is 9.92 Å². The highest BCUT2D eigenvalue weighted by Gasteiger charge is 2.06. The van der Waals surface area contributed by atoms with Crippen LogP contribution < -0.4 is 4.89 Å². The van der Waals surface area contributed by atoms with Crippen LogP contribution in [-0.4, -0.2) is 15.2 Å². The van der Waals surface area contributed by atoms with E-state index in [0.717, 1.165) is 12.8 Å². The van der Waals surface area contributed by atoms with Crippen LogP contribution in [0.15, 0.2) is 34.7 Å². The van der Waals surface area contributed by atoms with Gasteiger partial charge in [0.25, 0.3) is 0 Å². The van der Waals surface area contributed by atoms with Crippen LogP contribution in [0.1, 0.15) is 19.8 Å². The van der Waals surface area contributed by atoms with Gasteiger partial charge in [-0.25, -0.2) is 4.21 Å². The quantitative estimate of drug-likeness (QED) is 0.760. The highest BCUT2D eigenvalue weighted by atomic mass is 32.2. The first-order valence-corrected chi connectivity index (χ1v) is 6.59. The van der Waals surface area contributed by atoms with Gasteiger partial charge in [0.2, 0.25) is 0 Å². The number of hydrogen-bond donors (Lipinski definition) is 2. The van der Waals surface area contributed by atoms with E-state index in [1.807, 2.05) is 30.0 Å². The third-order valence-corrected chi connectivity index (χ3v) is 3.56. The summed E-state index contributed by atoms with van der Waals surface area (Å²) in [4.78, 5) is 1.82. The average molecular weight is 228 g/mol. The molecule has 4 nitrogen and oxygen atoms in total. The van der Waals surface area contributed by atoms with Crippen LogP contribution in [0.4, 0.5) is 5.69 Å². The van der Waals surface area contributed by atoms with Crippen molar-refractivity contribution in [2.75, 3.05) is 5.75 Å². The Morgan fingerprint density at radius 3 is 2.60 bits per heavy atom. The molecule has 1 aromatic rings. The predicted molar refractivity (Wildman–Crippen MR) is 61.4 cm³/mol. The summed E-state index contributed by atoms with van der Waals surface area (Å²) in [5, 5.41) is 8.85. The molecule has 0 aliphatic rings. The number of rotatable bonds is 5. The van der Waals surface area contributed by atoms with Gasteiger partial charge in [0.05, 0.1) is 5.69 Å². The predicted octanol–water partition coefficient (Wildman–Crippen LogP) is 2.48. The Labute approximate surface area is 90.6 Å². The minimum absolute atomic E-state index is 0.356. The summed E-state index contributed by atoms with van der Waals surface area (Å²) in [6, 6.07) is 9.00. The molecule has 0 bridgehead atoms. The summed E-state index contributed by atoms with van der Waals surface area (Å²) >= 11 is 0. The second kappa shape index (κ2) is 5.85. The molecular weight excluding hydrogens is 212 g/mol. The van der Waals surface area contributed by atoms with E-state index in [4.69, 9.17) is 5.21 Å². The van der Waals surface area contributed by atoms with Crippen LogP contribution in [0.25, 0.3) is 0 Å². The van der Waals surface area contributed by atoms with Crippen molar-refractivity contribution in [1.82, 2.24) is 4.89 Å². The lowest BCUT2D eigenvalue weighted by Gasteiger charge is -2.06. The highest BCUT2D eigenvalue weighted by Crippen LogP contribution is 2.13. The lowest BCUT2D eigenvalue weighted by molar-refractivity contribution is 0.249. The number of benzene rings is 1. The molecule has 15 heavy (non-hydrogen) atoms. The molecule has 1 atom stereocenters. The largest absolute Gasteiger partial charge is 0.303 e. The first-order valence-electron chi connectivity index (χ1n) is 4.91. The molecule has 0 radical (unpaired) electrons. The smallest absolute Gasteiger partial charge is 0.134 e. The van der Waals surface area contributed by atoms with Crippen molar-refractivity contribution >= 4 is 15.6 Å². The Hall–Kier alpha value is -0.910. The van der Waals surface area contributed by atoms with Gasteiger partial charge in [-0.2, -0.15) is 4.36 Å². The Morgan fingerprint density at radius 2 is 2.07 bits per heavy atom. The fourth-order valence-electron chi connectivity index (χ4n) is 1.11. The van der Waals surface area contributed by atoms with Crippen LogP contribution >= 0.6 is 0 Å². The number of hydrogen-bond acceptors (Lipinski definition) is 3. The fraction of sp³-hybridized carbons (Fsp3) is 0.400. The summed E-state index contributed by atoms with van der Waals surface area (Å²) in [5.74, 6) is 0.356. The topological polar surface area (TPSA) is 61.7 Å². The molecule has 0 aliphatic heterocycles. The van der Waals surface area contributed by atoms with E-state index in [0.29, 0.717) is 11.4 Å². The number of unbranched alkanes of at least 4 members (excludes halogenated alkanes) is 1. The van der Waals surface area contributed by atoms with E-state index in [-0.39, 0.29) is 0 Å². The van der Waals surface area contributed by atoms with E-state index in [1.54, 1.807) is 12.1 Å². The first-order chi connectivity index (χ1) is 7.20. The van der Waals surface area contributed by atoms with Crippen LogP contribution in [0, 0.1) is 0 Å². The third kappa shape index (κ3) is 3.99. The van der Waals surface area contributed by atoms with Crippen molar-refractivity contribution < 1.29 is 9.42 Å². The zero-order valence-corrected chi connectivity index (χ0v) is 9.54. The monoisotopic (exact) mass is 228 g/mol. The van der Waals surface area contributed by atoms with E-state index >= 15 is 0 Å². The summed E-state index contributed by atoms with van der Waals surface area (Å²) in [5.41, 5.74) is 0.611. The van der Waals surface area contributed by atoms with Crippen molar-refractivity contribution in [2.24, 2.45) is 4.36 Å². The van der Waals surface area contributed by atoms with Gasteiger partial charge in [0.1, 0.15) is 9.92 Å². The maximum atomic E-state index is 12.0. The lowest BCUT2D eigenvalue weighted by atomic mass is 10.3. The van der Waals surface area contributed by atoms with Crippen molar-refractivity contribution in [2.45, 2.75) is 19.8 Å². The SMILES string of the molecule is CCCCS(=O)(=Nc1ccccc1)NO. The molecule has 1 unspecified atom stereocenters. The molecule has 0 fully saturated rings. The van der Waals surface area contributed by atoms with E-state index in [9.17, 15) is 4.21 Å². The van der Waals surface area contributed by atoms with E-state index in [2.05, 4.69) is 4.36 Å². The van der Waals surface area contributed by atoms with Gasteiger partial charge in [0, 0.05) is 5.75 Å². The van der Waals surface area contributed by atoms with Crippen molar-refractivity contribution in [3.05, 3.63) is 30.3 Å². The van der Waals surface area contributed by atoms with Crippen LogP contribution in [0.5, 0.6) is 0 Å². The molecule has 0 aromatic heterocycles. The zero-order valence-electron chi connectivity index (χ0n) is 8.72. The minimum Gasteiger partial charge on any atom is -0.303 e. The molecule has 84 valence electrons. The first kappa shape index (κ1) is 12.2. The molecule has 0 spiro atoms. The van der Waals surface area contributed by atoms with Crippen molar-refractivity contribution in [3.8, 4) is 0 Å². The van der Waals surface area contributed by atoms with Crippen molar-refractivity contribution in [3.63, 3.8) is 0 Å². The lowest BCUT2D eigenvalue weighted by Crippen LogP contribution is -2.22. The Balaban J connectivity index is 2.91. The zero-order chi connectivity index (χ0) is 11.1. The van der Waals surface area contributed by atoms with E-state index in [1.165, 1.54) is 0 Å². The van der Waals surface area contributed by atoms with Gasteiger partial charge in [-0.05, 0) is 18.6 Å². The standard InChI is InChI=1S/C10H16N2O2S/c1-2-3-9-15(14,12-13)11-10-7-5-4-6-8-10/h4-8,13H,2-3,9H2,1H3,(H,11,12,14). The molecule has 0 amide bonds. The summed E-state index contributed by atoms with van der Waals surface area (Å²) < 4.78 is 16.0. The Morgan fingerprint density at radius 1 is 1.40 bits per heavy atom. The Kier molecular flexibility index (Phi) is 4.74. The molecule has 0 saturated carbocycles. The van der Waals surface area contributed by atoms with Gasteiger partial charge in [0.15, 0.2) is 0 Å². The molecule has 0 saturated heterocycles.